The number of esters is 1. The van der Waals surface area contributed by atoms with E-state index in [1.54, 1.807) is 0 Å². The number of methoxy groups -OCH3 is 1. The molecule has 0 heterocycles. The third-order valence-corrected chi connectivity index (χ3v) is 5.29. The Labute approximate surface area is 190 Å². The van der Waals surface area contributed by atoms with Gasteiger partial charge in [-0.2, -0.15) is 8.42 Å². The summed E-state index contributed by atoms with van der Waals surface area (Å²) in [5.74, 6) is -0.879. The summed E-state index contributed by atoms with van der Waals surface area (Å²) in [5, 5.41) is -1.43. The Balaban J connectivity index is 0. The van der Waals surface area contributed by atoms with Gasteiger partial charge in [0.05, 0.1) is 7.11 Å². The Morgan fingerprint density at radius 1 is 0.875 bits per heavy atom. The topological polar surface area (TPSA) is 80.7 Å². The Morgan fingerprint density at radius 2 is 1.25 bits per heavy atom. The van der Waals surface area contributed by atoms with Crippen LogP contribution in [0.15, 0.2) is 0 Å². The summed E-state index contributed by atoms with van der Waals surface area (Å²) in [6.07, 6.45) is 14.2. The molecule has 24 heavy (non-hydrogen) atoms. The van der Waals surface area contributed by atoms with Crippen molar-refractivity contribution >= 4 is 67.5 Å². The van der Waals surface area contributed by atoms with Gasteiger partial charge in [-0.3, -0.25) is 9.35 Å². The third-order valence-electron chi connectivity index (χ3n) is 4.14. The van der Waals surface area contributed by atoms with Gasteiger partial charge in [-0.05, 0) is 6.42 Å². The van der Waals surface area contributed by atoms with Crippen LogP contribution in [-0.4, -0.2) is 82.7 Å². The van der Waals surface area contributed by atoms with Gasteiger partial charge in [-0.1, -0.05) is 84.0 Å². The molecule has 1 N–H and O–H groups in total. The van der Waals surface area contributed by atoms with Crippen molar-refractivity contribution in [1.82, 2.24) is 0 Å². The van der Waals surface area contributed by atoms with Crippen LogP contribution in [0, 0.1) is 0 Å². The van der Waals surface area contributed by atoms with Gasteiger partial charge in [0.2, 0.25) is 0 Å². The molecule has 0 saturated heterocycles. The zero-order valence-electron chi connectivity index (χ0n) is 14.8. The summed E-state index contributed by atoms with van der Waals surface area (Å²) in [4.78, 5) is 11.3. The van der Waals surface area contributed by atoms with E-state index in [0.717, 1.165) is 26.4 Å². The van der Waals surface area contributed by atoms with Crippen LogP contribution < -0.4 is 0 Å². The number of carbonyl (C=O) groups excluding carboxylic acids is 1. The van der Waals surface area contributed by atoms with Crippen LogP contribution in [0.2, 0.25) is 0 Å². The zero-order chi connectivity index (χ0) is 17.6. The van der Waals surface area contributed by atoms with Crippen LogP contribution in [0.5, 0.6) is 0 Å². The third kappa shape index (κ3) is 15.3. The summed E-state index contributed by atoms with van der Waals surface area (Å²) in [7, 11) is -3.24. The molecule has 140 valence electrons. The molecule has 0 spiro atoms. The number of ether oxygens (including phenoxy) is 1. The first-order chi connectivity index (χ1) is 10.9. The molecule has 0 aliphatic carbocycles. The Morgan fingerprint density at radius 3 is 1.58 bits per heavy atom. The van der Waals surface area contributed by atoms with Gasteiger partial charge in [-0.25, -0.2) is 0 Å². The first kappa shape index (κ1) is 27.2. The first-order valence-electron chi connectivity index (χ1n) is 8.97. The second kappa shape index (κ2) is 17.4. The summed E-state index contributed by atoms with van der Waals surface area (Å²) in [5.41, 5.74) is 0. The van der Waals surface area contributed by atoms with Crippen molar-refractivity contribution in [2.24, 2.45) is 0 Å². The molecule has 0 aliphatic rings. The molecule has 0 rings (SSSR count). The monoisotopic (exact) mass is 390 g/mol. The van der Waals surface area contributed by atoms with Crippen LogP contribution >= 0.6 is 0 Å². The minimum atomic E-state index is -4.37. The maximum absolute atomic E-state index is 11.3. The van der Waals surface area contributed by atoms with E-state index in [0.29, 0.717) is 6.42 Å². The van der Waals surface area contributed by atoms with Gasteiger partial charge in [-0.15, -0.1) is 0 Å². The number of rotatable bonds is 15. The van der Waals surface area contributed by atoms with E-state index >= 15 is 0 Å². The van der Waals surface area contributed by atoms with Crippen molar-refractivity contribution < 1.29 is 22.5 Å². The molecule has 7 heteroatoms. The van der Waals surface area contributed by atoms with E-state index in [9.17, 15) is 13.2 Å². The number of carbonyl (C=O) groups is 1. The van der Waals surface area contributed by atoms with Crippen LogP contribution in [-0.2, 0) is 19.6 Å². The number of hydrogen-bond donors (Lipinski definition) is 1. The number of hydrogen-bond acceptors (Lipinski definition) is 4. The predicted molar refractivity (Wildman–Crippen MR) is 100 cm³/mol. The molecule has 1 atom stereocenters. The summed E-state index contributed by atoms with van der Waals surface area (Å²) >= 11 is 0. The van der Waals surface area contributed by atoms with Gasteiger partial charge in [0.25, 0.3) is 10.1 Å². The molecule has 0 aromatic rings. The Hall–Kier alpha value is 1.02. The normalized spacial score (nSPS) is 12.5. The average Bonchev–Trinajstić information content (AvgIpc) is 2.50. The van der Waals surface area contributed by atoms with Crippen molar-refractivity contribution in [3.8, 4) is 0 Å². The Bertz CT molecular complexity index is 398. The van der Waals surface area contributed by atoms with Crippen molar-refractivity contribution in [3.05, 3.63) is 0 Å². The molecule has 5 nitrogen and oxygen atoms in total. The first-order valence-corrected chi connectivity index (χ1v) is 10.5. The van der Waals surface area contributed by atoms with E-state index < -0.39 is 21.3 Å². The molecule has 0 saturated carbocycles. The second-order valence-corrected chi connectivity index (χ2v) is 7.80. The fourth-order valence-electron chi connectivity index (χ4n) is 2.69. The van der Waals surface area contributed by atoms with Gasteiger partial charge in [0.1, 0.15) is 0 Å². The van der Waals surface area contributed by atoms with Crippen molar-refractivity contribution in [3.63, 3.8) is 0 Å². The minimum absolute atomic E-state index is 0. The van der Waals surface area contributed by atoms with Gasteiger partial charge < -0.3 is 4.74 Å². The molecule has 0 aliphatic heterocycles. The summed E-state index contributed by atoms with van der Waals surface area (Å²) in [6.45, 7) is 2.23. The van der Waals surface area contributed by atoms with E-state index in [4.69, 9.17) is 4.55 Å². The van der Waals surface area contributed by atoms with Crippen molar-refractivity contribution in [2.45, 2.75) is 95.6 Å². The predicted octanol–water partition coefficient (Wildman–Crippen LogP) is 3.86. The van der Waals surface area contributed by atoms with Crippen molar-refractivity contribution in [2.75, 3.05) is 7.11 Å². The van der Waals surface area contributed by atoms with Gasteiger partial charge in [0.15, 0.2) is 5.25 Å². The molecule has 1 unspecified atom stereocenters. The molecule has 0 amide bonds. The standard InChI is InChI=1S/C17H34O5S.K.H/c1-3-4-5-6-7-8-9-10-11-12-13-14-15-16(17(18)22-2)23(19,20)21;;/h16H,3-15H2,1-2H3,(H,19,20,21);;. The molecular formula is C17H35KO5S. The van der Waals surface area contributed by atoms with Crippen LogP contribution in [0.25, 0.3) is 0 Å². The van der Waals surface area contributed by atoms with Crippen LogP contribution in [0.1, 0.15) is 90.4 Å². The molecular weight excluding hydrogens is 355 g/mol. The van der Waals surface area contributed by atoms with Gasteiger partial charge >= 0.3 is 57.4 Å². The molecule has 0 aromatic carbocycles. The second-order valence-electron chi connectivity index (χ2n) is 6.20. The maximum atomic E-state index is 11.3. The van der Waals surface area contributed by atoms with Crippen LogP contribution in [0.3, 0.4) is 0 Å². The van der Waals surface area contributed by atoms with E-state index in [1.807, 2.05) is 0 Å². The molecule has 0 radical (unpaired) electrons. The van der Waals surface area contributed by atoms with Crippen LogP contribution in [0.4, 0.5) is 0 Å². The van der Waals surface area contributed by atoms with Crippen molar-refractivity contribution in [1.29, 1.82) is 0 Å². The van der Waals surface area contributed by atoms with Gasteiger partial charge in [0, 0.05) is 0 Å². The average molecular weight is 391 g/mol. The SMILES string of the molecule is CCCCCCCCCCCCCCC(C(=O)OC)S(=O)(=O)O.[KH]. The summed E-state index contributed by atoms with van der Waals surface area (Å²) < 4.78 is 35.7. The quantitative estimate of drug-likeness (QED) is 0.199. The Kier molecular flexibility index (Phi) is 19.8. The molecule has 0 bridgehead atoms. The van der Waals surface area contributed by atoms with E-state index in [2.05, 4.69) is 11.7 Å². The molecule has 0 fully saturated rings. The molecule has 0 aromatic heterocycles. The van der Waals surface area contributed by atoms with E-state index in [-0.39, 0.29) is 57.8 Å². The summed E-state index contributed by atoms with van der Waals surface area (Å²) in [6, 6.07) is 0. The zero-order valence-corrected chi connectivity index (χ0v) is 15.6. The number of unbranched alkanes of at least 4 members (excludes halogenated alkanes) is 11. The fraction of sp³-hybridized carbons (Fsp3) is 0.941. The fourth-order valence-corrected chi connectivity index (χ4v) is 3.49. The van der Waals surface area contributed by atoms with E-state index in [1.165, 1.54) is 51.4 Å².